The summed E-state index contributed by atoms with van der Waals surface area (Å²) in [5, 5.41) is 0. The van der Waals surface area contributed by atoms with Crippen LogP contribution in [0.5, 0.6) is 0 Å². The number of halogens is 1. The summed E-state index contributed by atoms with van der Waals surface area (Å²) in [6.45, 7) is 8.18. The number of aryl methyl sites for hydroxylation is 1. The molecule has 2 aliphatic rings. The fourth-order valence-corrected chi connectivity index (χ4v) is 3.71. The Labute approximate surface area is 134 Å². The average Bonchev–Trinajstić information content (AvgIpc) is 3.14. The van der Waals surface area contributed by atoms with Crippen molar-refractivity contribution >= 4 is 21.8 Å². The molecule has 6 heteroatoms. The van der Waals surface area contributed by atoms with Crippen molar-refractivity contribution in [1.29, 1.82) is 0 Å². The molecular formula is C15H22BrN3O2. The summed E-state index contributed by atoms with van der Waals surface area (Å²) in [5.41, 5.74) is 0.784. The molecule has 2 saturated heterocycles. The summed E-state index contributed by atoms with van der Waals surface area (Å²) in [6, 6.07) is 2.42. The van der Waals surface area contributed by atoms with E-state index in [0.717, 1.165) is 62.5 Å². The third-order valence-corrected chi connectivity index (χ3v) is 4.87. The summed E-state index contributed by atoms with van der Waals surface area (Å²) in [5.74, 6) is 0.151. The molecule has 1 amide bonds. The maximum atomic E-state index is 12.7. The normalized spacial score (nSPS) is 23.7. The van der Waals surface area contributed by atoms with Crippen molar-refractivity contribution in [2.24, 2.45) is 0 Å². The van der Waals surface area contributed by atoms with E-state index in [9.17, 15) is 4.79 Å². The molecule has 1 unspecified atom stereocenters. The van der Waals surface area contributed by atoms with Crippen molar-refractivity contribution < 1.29 is 9.53 Å². The second kappa shape index (κ2) is 6.50. The van der Waals surface area contributed by atoms with Gasteiger partial charge in [0, 0.05) is 49.4 Å². The molecule has 0 bridgehead atoms. The van der Waals surface area contributed by atoms with Gasteiger partial charge in [-0.05, 0) is 35.3 Å². The van der Waals surface area contributed by atoms with Gasteiger partial charge < -0.3 is 14.2 Å². The van der Waals surface area contributed by atoms with Crippen LogP contribution in [0.2, 0.25) is 0 Å². The van der Waals surface area contributed by atoms with Crippen LogP contribution in [-0.2, 0) is 11.3 Å². The van der Waals surface area contributed by atoms with Gasteiger partial charge in [0.15, 0.2) is 0 Å². The minimum absolute atomic E-state index is 0.151. The molecule has 1 aromatic rings. The smallest absolute Gasteiger partial charge is 0.270 e. The summed E-state index contributed by atoms with van der Waals surface area (Å²) in [7, 11) is 0. The van der Waals surface area contributed by atoms with Crippen molar-refractivity contribution in [2.75, 3.05) is 39.4 Å². The number of morpholine rings is 1. The number of amides is 1. The molecule has 0 aromatic carbocycles. The number of nitrogens with zero attached hydrogens (tertiary/aromatic N) is 3. The van der Waals surface area contributed by atoms with E-state index in [1.807, 2.05) is 21.7 Å². The number of likely N-dealkylation sites (tertiary alicyclic amines) is 1. The van der Waals surface area contributed by atoms with E-state index < -0.39 is 0 Å². The number of ether oxygens (including phenoxy) is 1. The molecule has 3 heterocycles. The highest BCUT2D eigenvalue weighted by Gasteiger charge is 2.32. The number of hydrogen-bond donors (Lipinski definition) is 0. The third-order valence-electron chi connectivity index (χ3n) is 4.44. The molecule has 0 aliphatic carbocycles. The molecule has 2 aliphatic heterocycles. The summed E-state index contributed by atoms with van der Waals surface area (Å²) in [4.78, 5) is 17.2. The minimum atomic E-state index is 0.151. The lowest BCUT2D eigenvalue weighted by atomic mass is 10.2. The van der Waals surface area contributed by atoms with E-state index in [1.54, 1.807) is 0 Å². The molecule has 21 heavy (non-hydrogen) atoms. The molecular weight excluding hydrogens is 334 g/mol. The Balaban J connectivity index is 1.66. The van der Waals surface area contributed by atoms with E-state index in [-0.39, 0.29) is 5.91 Å². The molecule has 116 valence electrons. The van der Waals surface area contributed by atoms with Gasteiger partial charge in [0.25, 0.3) is 5.91 Å². The van der Waals surface area contributed by atoms with Gasteiger partial charge in [-0.2, -0.15) is 0 Å². The maximum absolute atomic E-state index is 12.7. The van der Waals surface area contributed by atoms with Gasteiger partial charge in [0.1, 0.15) is 5.69 Å². The van der Waals surface area contributed by atoms with Crippen molar-refractivity contribution in [1.82, 2.24) is 14.4 Å². The van der Waals surface area contributed by atoms with E-state index in [2.05, 4.69) is 27.8 Å². The zero-order valence-corrected chi connectivity index (χ0v) is 14.0. The molecule has 2 fully saturated rings. The monoisotopic (exact) mass is 355 g/mol. The molecule has 5 nitrogen and oxygen atoms in total. The van der Waals surface area contributed by atoms with E-state index in [1.165, 1.54) is 0 Å². The third kappa shape index (κ3) is 3.17. The molecule has 0 spiro atoms. The Hall–Kier alpha value is -0.850. The van der Waals surface area contributed by atoms with E-state index in [4.69, 9.17) is 4.74 Å². The standard InChI is InChI=1S/C15H22BrN3O2/c1-2-17-10-12(16)9-14(17)15(20)19-4-3-13(11-19)18-5-7-21-8-6-18/h9-10,13H,2-8,11H2,1H3. The predicted octanol–water partition coefficient (Wildman–Crippen LogP) is 1.82. The van der Waals surface area contributed by atoms with Crippen molar-refractivity contribution in [3.05, 3.63) is 22.4 Å². The summed E-state index contributed by atoms with van der Waals surface area (Å²) < 4.78 is 8.38. The van der Waals surface area contributed by atoms with Gasteiger partial charge in [-0.3, -0.25) is 9.69 Å². The zero-order chi connectivity index (χ0) is 14.8. The Morgan fingerprint density at radius 1 is 1.38 bits per heavy atom. The second-order valence-corrected chi connectivity index (χ2v) is 6.59. The lowest BCUT2D eigenvalue weighted by Gasteiger charge is -2.32. The second-order valence-electron chi connectivity index (χ2n) is 5.67. The van der Waals surface area contributed by atoms with Crippen molar-refractivity contribution in [2.45, 2.75) is 25.9 Å². The Bertz CT molecular complexity index is 511. The summed E-state index contributed by atoms with van der Waals surface area (Å²) >= 11 is 3.46. The molecule has 0 saturated carbocycles. The van der Waals surface area contributed by atoms with Crippen LogP contribution < -0.4 is 0 Å². The van der Waals surface area contributed by atoms with Gasteiger partial charge in [0.05, 0.1) is 13.2 Å². The van der Waals surface area contributed by atoms with E-state index in [0.29, 0.717) is 6.04 Å². The van der Waals surface area contributed by atoms with Crippen LogP contribution in [0.1, 0.15) is 23.8 Å². The molecule has 1 aromatic heterocycles. The topological polar surface area (TPSA) is 37.7 Å². The van der Waals surface area contributed by atoms with Gasteiger partial charge in [0.2, 0.25) is 0 Å². The molecule has 1 atom stereocenters. The van der Waals surface area contributed by atoms with Gasteiger partial charge in [-0.25, -0.2) is 0 Å². The molecule has 3 rings (SSSR count). The zero-order valence-electron chi connectivity index (χ0n) is 12.4. The van der Waals surface area contributed by atoms with Gasteiger partial charge in [-0.15, -0.1) is 0 Å². The van der Waals surface area contributed by atoms with Gasteiger partial charge >= 0.3 is 0 Å². The van der Waals surface area contributed by atoms with Crippen LogP contribution in [0.3, 0.4) is 0 Å². The fraction of sp³-hybridized carbons (Fsp3) is 0.667. The van der Waals surface area contributed by atoms with Crippen molar-refractivity contribution in [3.8, 4) is 0 Å². The summed E-state index contributed by atoms with van der Waals surface area (Å²) in [6.07, 6.45) is 3.04. The first-order valence-corrected chi connectivity index (χ1v) is 8.45. The highest BCUT2D eigenvalue weighted by Crippen LogP contribution is 2.22. The van der Waals surface area contributed by atoms with Crippen molar-refractivity contribution in [3.63, 3.8) is 0 Å². The van der Waals surface area contributed by atoms with Crippen LogP contribution in [0.25, 0.3) is 0 Å². The first kappa shape index (κ1) is 15.1. The Morgan fingerprint density at radius 3 is 2.86 bits per heavy atom. The first-order valence-electron chi connectivity index (χ1n) is 7.65. The average molecular weight is 356 g/mol. The SMILES string of the molecule is CCn1cc(Br)cc1C(=O)N1CCC(N2CCOCC2)C1. The van der Waals surface area contributed by atoms with Crippen LogP contribution in [0.15, 0.2) is 16.7 Å². The highest BCUT2D eigenvalue weighted by atomic mass is 79.9. The first-order chi connectivity index (χ1) is 10.2. The molecule has 0 radical (unpaired) electrons. The number of rotatable bonds is 3. The Kier molecular flexibility index (Phi) is 4.66. The van der Waals surface area contributed by atoms with E-state index >= 15 is 0 Å². The fourth-order valence-electron chi connectivity index (χ4n) is 3.24. The number of hydrogen-bond acceptors (Lipinski definition) is 3. The minimum Gasteiger partial charge on any atom is -0.379 e. The largest absolute Gasteiger partial charge is 0.379 e. The van der Waals surface area contributed by atoms with Crippen LogP contribution in [0, 0.1) is 0 Å². The van der Waals surface area contributed by atoms with Crippen LogP contribution >= 0.6 is 15.9 Å². The number of carbonyl (C=O) groups excluding carboxylic acids is 1. The lowest BCUT2D eigenvalue weighted by Crippen LogP contribution is -2.45. The Morgan fingerprint density at radius 2 is 2.14 bits per heavy atom. The molecule has 0 N–H and O–H groups in total. The number of carbonyl (C=O) groups is 1. The van der Waals surface area contributed by atoms with Gasteiger partial charge in [-0.1, -0.05) is 0 Å². The predicted molar refractivity (Wildman–Crippen MR) is 84.5 cm³/mol. The number of aromatic nitrogens is 1. The maximum Gasteiger partial charge on any atom is 0.270 e. The quantitative estimate of drug-likeness (QED) is 0.829. The van der Waals surface area contributed by atoms with Crippen LogP contribution in [0.4, 0.5) is 0 Å². The van der Waals surface area contributed by atoms with Crippen LogP contribution in [-0.4, -0.2) is 65.7 Å². The highest BCUT2D eigenvalue weighted by molar-refractivity contribution is 9.10. The lowest BCUT2D eigenvalue weighted by molar-refractivity contribution is 0.0185.